The first kappa shape index (κ1) is 27.8. The molecule has 0 spiro atoms. The highest BCUT2D eigenvalue weighted by atomic mass is 35.5. The van der Waals surface area contributed by atoms with Crippen molar-refractivity contribution in [1.82, 2.24) is 9.47 Å². The van der Waals surface area contributed by atoms with Crippen LogP contribution < -0.4 is 16.4 Å². The minimum absolute atomic E-state index is 0.152. The van der Waals surface area contributed by atoms with Crippen LogP contribution in [0, 0.1) is 5.82 Å². The van der Waals surface area contributed by atoms with E-state index < -0.39 is 5.82 Å². The Hall–Kier alpha value is -3.20. The van der Waals surface area contributed by atoms with Crippen molar-refractivity contribution in [2.45, 2.75) is 46.2 Å². The molecule has 3 aromatic rings. The van der Waals surface area contributed by atoms with Crippen LogP contribution in [0.25, 0.3) is 0 Å². The van der Waals surface area contributed by atoms with E-state index in [2.05, 4.69) is 28.7 Å². The van der Waals surface area contributed by atoms with Gasteiger partial charge in [-0.2, -0.15) is 0 Å². The first-order chi connectivity index (χ1) is 18.4. The quantitative estimate of drug-likeness (QED) is 0.247. The van der Waals surface area contributed by atoms with Gasteiger partial charge in [0.2, 0.25) is 0 Å². The van der Waals surface area contributed by atoms with E-state index in [4.69, 9.17) is 16.3 Å². The molecule has 0 atom stereocenters. The first-order valence-electron chi connectivity index (χ1n) is 13.0. The molecule has 0 radical (unpaired) electrons. The predicted octanol–water partition coefficient (Wildman–Crippen LogP) is 5.51. The van der Waals surface area contributed by atoms with Crippen molar-refractivity contribution in [2.75, 3.05) is 37.2 Å². The zero-order valence-electron chi connectivity index (χ0n) is 21.9. The average Bonchev–Trinajstić information content (AvgIpc) is 2.89. The highest BCUT2D eigenvalue weighted by Gasteiger charge is 2.21. The van der Waals surface area contributed by atoms with Crippen LogP contribution in [-0.4, -0.2) is 41.6 Å². The lowest BCUT2D eigenvalue weighted by Gasteiger charge is -2.28. The van der Waals surface area contributed by atoms with Gasteiger partial charge in [0.15, 0.2) is 5.78 Å². The van der Waals surface area contributed by atoms with E-state index in [0.717, 1.165) is 56.8 Å². The molecule has 0 saturated carbocycles. The highest BCUT2D eigenvalue weighted by Crippen LogP contribution is 2.26. The Morgan fingerprint density at radius 3 is 2.37 bits per heavy atom. The van der Waals surface area contributed by atoms with Gasteiger partial charge in [0.05, 0.1) is 41.7 Å². The number of Topliss-reactive ketones (excluding diaryl/α,β-unsaturated/α-hetero) is 1. The fourth-order valence-electron chi connectivity index (χ4n) is 4.73. The molecule has 0 aliphatic carbocycles. The molecule has 1 fully saturated rings. The standard InChI is InChI=1S/C29H34ClFN4O3/c1-3-4-9-27-29(20(2)36)26(33-32-25-11-10-23(31)16-24(25)30)17-28(37)35(27)19-22-8-6-5-7-21(22)18-34-12-14-38-15-13-34/h5-8,10-11,16-17,32-33H,3-4,9,12-15,18-19H2,1-2H3. The van der Waals surface area contributed by atoms with Crippen LogP contribution in [-0.2, 0) is 24.2 Å². The van der Waals surface area contributed by atoms with Crippen LogP contribution in [0.1, 0.15) is 53.9 Å². The number of nitrogens with zero attached hydrogens (tertiary/aromatic N) is 2. The summed E-state index contributed by atoms with van der Waals surface area (Å²) in [5, 5.41) is 0.179. The molecule has 1 aliphatic rings. The lowest BCUT2D eigenvalue weighted by atomic mass is 10.0. The number of ketones is 1. The first-order valence-corrected chi connectivity index (χ1v) is 13.4. The third-order valence-electron chi connectivity index (χ3n) is 6.74. The number of aromatic nitrogens is 1. The number of pyridine rings is 1. The van der Waals surface area contributed by atoms with E-state index in [0.29, 0.717) is 35.6 Å². The van der Waals surface area contributed by atoms with Crippen molar-refractivity contribution >= 4 is 28.8 Å². The Morgan fingerprint density at radius 1 is 1.03 bits per heavy atom. The van der Waals surface area contributed by atoms with Gasteiger partial charge < -0.3 is 9.30 Å². The SMILES string of the molecule is CCCCc1c(C(C)=O)c(NNc2ccc(F)cc2Cl)cc(=O)n1Cc1ccccc1CN1CCOCC1. The van der Waals surface area contributed by atoms with E-state index >= 15 is 0 Å². The Kier molecular flexibility index (Phi) is 9.55. The number of morpholine rings is 1. The lowest BCUT2D eigenvalue weighted by Crippen LogP contribution is -2.36. The smallest absolute Gasteiger partial charge is 0.253 e. The molecule has 9 heteroatoms. The van der Waals surface area contributed by atoms with Crippen molar-refractivity contribution < 1.29 is 13.9 Å². The monoisotopic (exact) mass is 540 g/mol. The van der Waals surface area contributed by atoms with Crippen LogP contribution in [0.15, 0.2) is 53.3 Å². The number of benzene rings is 2. The van der Waals surface area contributed by atoms with Crippen molar-refractivity contribution in [1.29, 1.82) is 0 Å². The number of halogens is 2. The maximum atomic E-state index is 13.5. The second-order valence-electron chi connectivity index (χ2n) is 9.50. The van der Waals surface area contributed by atoms with Gasteiger partial charge in [-0.3, -0.25) is 25.3 Å². The molecule has 0 unspecified atom stereocenters. The normalized spacial score (nSPS) is 13.9. The van der Waals surface area contributed by atoms with E-state index in [1.165, 1.54) is 31.2 Å². The summed E-state index contributed by atoms with van der Waals surface area (Å²) >= 11 is 6.14. The molecular formula is C29H34ClFN4O3. The number of unbranched alkanes of at least 4 members (excludes halogenated alkanes) is 1. The van der Waals surface area contributed by atoms with Crippen molar-refractivity contribution in [2.24, 2.45) is 0 Å². The number of hydrogen-bond donors (Lipinski definition) is 2. The maximum absolute atomic E-state index is 13.5. The zero-order chi connectivity index (χ0) is 27.1. The minimum atomic E-state index is -0.455. The molecule has 38 heavy (non-hydrogen) atoms. The summed E-state index contributed by atoms with van der Waals surface area (Å²) in [5.41, 5.74) is 9.83. The van der Waals surface area contributed by atoms with Crippen LogP contribution >= 0.6 is 11.6 Å². The van der Waals surface area contributed by atoms with Crippen molar-refractivity contribution in [3.05, 3.63) is 92.1 Å². The summed E-state index contributed by atoms with van der Waals surface area (Å²) in [6.07, 6.45) is 2.33. The molecule has 202 valence electrons. The Morgan fingerprint density at radius 2 is 1.71 bits per heavy atom. The van der Waals surface area contributed by atoms with E-state index in [1.54, 1.807) is 4.57 Å². The summed E-state index contributed by atoms with van der Waals surface area (Å²) in [4.78, 5) is 28.8. The number of anilines is 2. The summed E-state index contributed by atoms with van der Waals surface area (Å²) in [5.74, 6) is -0.607. The number of carbonyl (C=O) groups excluding carboxylic acids is 1. The Balaban J connectivity index is 1.69. The molecule has 1 aromatic heterocycles. The van der Waals surface area contributed by atoms with E-state index in [-0.39, 0.29) is 16.4 Å². The summed E-state index contributed by atoms with van der Waals surface area (Å²) in [7, 11) is 0. The van der Waals surface area contributed by atoms with Gasteiger partial charge in [-0.1, -0.05) is 49.2 Å². The molecule has 0 bridgehead atoms. The molecule has 7 nitrogen and oxygen atoms in total. The number of carbonyl (C=O) groups is 1. The molecule has 1 saturated heterocycles. The number of hydrogen-bond acceptors (Lipinski definition) is 6. The number of ether oxygens (including phenoxy) is 1. The second-order valence-corrected chi connectivity index (χ2v) is 9.90. The van der Waals surface area contributed by atoms with Crippen LogP contribution in [0.3, 0.4) is 0 Å². The van der Waals surface area contributed by atoms with Crippen LogP contribution in [0.4, 0.5) is 15.8 Å². The van der Waals surface area contributed by atoms with E-state index in [9.17, 15) is 14.0 Å². The number of hydrazine groups is 1. The van der Waals surface area contributed by atoms with Gasteiger partial charge in [0.25, 0.3) is 5.56 Å². The van der Waals surface area contributed by atoms with Crippen molar-refractivity contribution in [3.63, 3.8) is 0 Å². The lowest BCUT2D eigenvalue weighted by molar-refractivity contribution is 0.0340. The third kappa shape index (κ3) is 6.81. The van der Waals surface area contributed by atoms with Gasteiger partial charge in [0, 0.05) is 31.4 Å². The van der Waals surface area contributed by atoms with Crippen LogP contribution in [0.2, 0.25) is 5.02 Å². The van der Waals surface area contributed by atoms with Gasteiger partial charge in [-0.25, -0.2) is 4.39 Å². The van der Waals surface area contributed by atoms with Crippen molar-refractivity contribution in [3.8, 4) is 0 Å². The fraction of sp³-hybridized carbons (Fsp3) is 0.379. The number of rotatable bonds is 11. The van der Waals surface area contributed by atoms with Gasteiger partial charge in [-0.15, -0.1) is 0 Å². The molecule has 4 rings (SSSR count). The van der Waals surface area contributed by atoms with Crippen LogP contribution in [0.5, 0.6) is 0 Å². The Labute approximate surface area is 227 Å². The van der Waals surface area contributed by atoms with E-state index in [1.807, 2.05) is 18.2 Å². The van der Waals surface area contributed by atoms with Gasteiger partial charge in [-0.05, 0) is 49.1 Å². The predicted molar refractivity (Wildman–Crippen MR) is 150 cm³/mol. The molecular weight excluding hydrogens is 507 g/mol. The average molecular weight is 541 g/mol. The second kappa shape index (κ2) is 13.0. The fourth-order valence-corrected chi connectivity index (χ4v) is 4.94. The Bertz CT molecular complexity index is 1340. The highest BCUT2D eigenvalue weighted by molar-refractivity contribution is 6.33. The minimum Gasteiger partial charge on any atom is -0.379 e. The summed E-state index contributed by atoms with van der Waals surface area (Å²) in [6, 6.07) is 13.5. The molecule has 1 aliphatic heterocycles. The summed E-state index contributed by atoms with van der Waals surface area (Å²) < 4.78 is 20.7. The largest absolute Gasteiger partial charge is 0.379 e. The summed E-state index contributed by atoms with van der Waals surface area (Å²) in [6.45, 7) is 7.91. The molecule has 0 amide bonds. The van der Waals surface area contributed by atoms with Gasteiger partial charge in [0.1, 0.15) is 5.82 Å². The molecule has 2 heterocycles. The third-order valence-corrected chi connectivity index (χ3v) is 7.06. The molecule has 2 aromatic carbocycles. The maximum Gasteiger partial charge on any atom is 0.253 e. The van der Waals surface area contributed by atoms with Gasteiger partial charge >= 0.3 is 0 Å². The molecule has 2 N–H and O–H groups in total. The number of nitrogens with one attached hydrogen (secondary N) is 2. The zero-order valence-corrected chi connectivity index (χ0v) is 22.6. The topological polar surface area (TPSA) is 75.6 Å².